The van der Waals surface area contributed by atoms with Crippen LogP contribution in [0.5, 0.6) is 0 Å². The molecule has 0 saturated carbocycles. The van der Waals surface area contributed by atoms with Crippen LogP contribution in [0.4, 0.5) is 0 Å². The van der Waals surface area contributed by atoms with Crippen molar-refractivity contribution >= 4 is 5.91 Å². The van der Waals surface area contributed by atoms with E-state index in [2.05, 4.69) is 35.4 Å². The molecule has 2 aromatic carbocycles. The van der Waals surface area contributed by atoms with Gasteiger partial charge in [0.2, 0.25) is 0 Å². The zero-order valence-electron chi connectivity index (χ0n) is 15.7. The monoisotopic (exact) mass is 359 g/mol. The van der Waals surface area contributed by atoms with Gasteiger partial charge in [-0.3, -0.25) is 4.79 Å². The molecular weight excluding hydrogens is 334 g/mol. The number of nitrogens with zero attached hydrogens (tertiary/aromatic N) is 2. The van der Waals surface area contributed by atoms with Gasteiger partial charge in [0.25, 0.3) is 5.91 Å². The molecule has 1 aliphatic rings. The maximum atomic E-state index is 12.6. The molecule has 1 amide bonds. The molecule has 1 aromatic heterocycles. The Morgan fingerprint density at radius 3 is 2.63 bits per heavy atom. The average Bonchev–Trinajstić information content (AvgIpc) is 3.21. The number of amides is 1. The Hall–Kier alpha value is -2.88. The van der Waals surface area contributed by atoms with Crippen molar-refractivity contribution in [2.24, 2.45) is 0 Å². The topological polar surface area (TPSA) is 46.9 Å². The molecular formula is C23H25N3O. The van der Waals surface area contributed by atoms with E-state index in [-0.39, 0.29) is 11.9 Å². The average molecular weight is 359 g/mol. The quantitative estimate of drug-likeness (QED) is 0.738. The smallest absolute Gasteiger partial charge is 0.251 e. The van der Waals surface area contributed by atoms with Gasteiger partial charge in [0.05, 0.1) is 12.4 Å². The molecule has 1 aliphatic carbocycles. The van der Waals surface area contributed by atoms with Gasteiger partial charge >= 0.3 is 0 Å². The number of aromatic nitrogens is 2. The van der Waals surface area contributed by atoms with Gasteiger partial charge in [-0.2, -0.15) is 0 Å². The first-order valence-electron chi connectivity index (χ1n) is 9.66. The maximum absolute atomic E-state index is 12.6. The number of fused-ring (bicyclic) bond motifs is 1. The van der Waals surface area contributed by atoms with E-state index >= 15 is 0 Å². The number of carbonyl (C=O) groups is 1. The molecule has 3 aromatic rings. The van der Waals surface area contributed by atoms with E-state index in [1.807, 2.05) is 35.0 Å². The summed E-state index contributed by atoms with van der Waals surface area (Å²) in [5, 5.41) is 3.13. The first-order chi connectivity index (χ1) is 13.2. The van der Waals surface area contributed by atoms with Gasteiger partial charge in [0.15, 0.2) is 0 Å². The molecule has 138 valence electrons. The summed E-state index contributed by atoms with van der Waals surface area (Å²) < 4.78 is 2.01. The summed E-state index contributed by atoms with van der Waals surface area (Å²) in [6.45, 7) is 2.81. The van der Waals surface area contributed by atoms with Crippen LogP contribution < -0.4 is 5.32 Å². The highest BCUT2D eigenvalue weighted by Crippen LogP contribution is 2.25. The molecule has 27 heavy (non-hydrogen) atoms. The van der Waals surface area contributed by atoms with Crippen molar-refractivity contribution in [1.82, 2.24) is 14.9 Å². The standard InChI is InChI=1S/C23H25N3O/c1-17(21-11-10-19-4-2-3-5-22(19)14-21)25-23(27)20-8-6-18(7-9-20)15-26-13-12-24-16-26/h6-14,16-17H,2-5,15H2,1H3,(H,25,27). The summed E-state index contributed by atoms with van der Waals surface area (Å²) >= 11 is 0. The number of carbonyl (C=O) groups excluding carboxylic acids is 1. The predicted octanol–water partition coefficient (Wildman–Crippen LogP) is 4.30. The molecule has 1 heterocycles. The van der Waals surface area contributed by atoms with Crippen LogP contribution >= 0.6 is 0 Å². The summed E-state index contributed by atoms with van der Waals surface area (Å²) in [5.41, 5.74) is 5.93. The second kappa shape index (κ2) is 7.78. The van der Waals surface area contributed by atoms with Gasteiger partial charge in [0.1, 0.15) is 0 Å². The maximum Gasteiger partial charge on any atom is 0.251 e. The number of benzene rings is 2. The van der Waals surface area contributed by atoms with E-state index in [1.165, 1.54) is 36.0 Å². The van der Waals surface area contributed by atoms with Gasteiger partial charge in [-0.05, 0) is 67.0 Å². The normalized spacial score (nSPS) is 14.4. The van der Waals surface area contributed by atoms with Crippen LogP contribution in [0.25, 0.3) is 0 Å². The lowest BCUT2D eigenvalue weighted by atomic mass is 9.89. The van der Waals surface area contributed by atoms with Gasteiger partial charge in [-0.25, -0.2) is 4.98 Å². The molecule has 0 bridgehead atoms. The minimum Gasteiger partial charge on any atom is -0.346 e. The first-order valence-corrected chi connectivity index (χ1v) is 9.66. The Labute approximate surface area is 160 Å². The first kappa shape index (κ1) is 17.5. The van der Waals surface area contributed by atoms with Crippen LogP contribution in [0, 0.1) is 0 Å². The SMILES string of the molecule is CC(NC(=O)c1ccc(Cn2ccnc2)cc1)c1ccc2c(c1)CCCC2. The second-order valence-corrected chi connectivity index (χ2v) is 7.36. The third kappa shape index (κ3) is 4.11. The molecule has 0 spiro atoms. The van der Waals surface area contributed by atoms with Gasteiger partial charge < -0.3 is 9.88 Å². The lowest BCUT2D eigenvalue weighted by molar-refractivity contribution is 0.0940. The molecule has 4 heteroatoms. The Bertz CT molecular complexity index is 913. The fourth-order valence-electron chi connectivity index (χ4n) is 3.74. The van der Waals surface area contributed by atoms with Crippen LogP contribution in [-0.4, -0.2) is 15.5 Å². The van der Waals surface area contributed by atoms with Crippen LogP contribution in [0.3, 0.4) is 0 Å². The highest BCUT2D eigenvalue weighted by molar-refractivity contribution is 5.94. The number of hydrogen-bond donors (Lipinski definition) is 1. The van der Waals surface area contributed by atoms with E-state index in [0.29, 0.717) is 5.56 Å². The lowest BCUT2D eigenvalue weighted by Gasteiger charge is -2.20. The Morgan fingerprint density at radius 1 is 1.11 bits per heavy atom. The molecule has 4 nitrogen and oxygen atoms in total. The highest BCUT2D eigenvalue weighted by atomic mass is 16.1. The zero-order valence-corrected chi connectivity index (χ0v) is 15.7. The summed E-state index contributed by atoms with van der Waals surface area (Å²) in [5.74, 6) is -0.0330. The van der Waals surface area contributed by atoms with Crippen molar-refractivity contribution in [1.29, 1.82) is 0 Å². The van der Waals surface area contributed by atoms with Gasteiger partial charge in [-0.1, -0.05) is 30.3 Å². The Balaban J connectivity index is 1.41. The number of imidazole rings is 1. The van der Waals surface area contributed by atoms with E-state index in [1.54, 1.807) is 12.5 Å². The van der Waals surface area contributed by atoms with Crippen LogP contribution in [0.1, 0.15) is 58.4 Å². The van der Waals surface area contributed by atoms with E-state index < -0.39 is 0 Å². The molecule has 0 saturated heterocycles. The van der Waals surface area contributed by atoms with E-state index in [9.17, 15) is 4.79 Å². The second-order valence-electron chi connectivity index (χ2n) is 7.36. The molecule has 1 N–H and O–H groups in total. The predicted molar refractivity (Wildman–Crippen MR) is 107 cm³/mol. The Kier molecular flexibility index (Phi) is 5.05. The largest absolute Gasteiger partial charge is 0.346 e. The third-order valence-corrected chi connectivity index (χ3v) is 5.36. The fourth-order valence-corrected chi connectivity index (χ4v) is 3.74. The number of aryl methyl sites for hydroxylation is 2. The minimum atomic E-state index is -0.0330. The van der Waals surface area contributed by atoms with Crippen LogP contribution in [0.15, 0.2) is 61.2 Å². The molecule has 0 fully saturated rings. The fraction of sp³-hybridized carbons (Fsp3) is 0.304. The number of nitrogens with one attached hydrogen (secondary N) is 1. The van der Waals surface area contributed by atoms with Gasteiger partial charge in [-0.15, -0.1) is 0 Å². The van der Waals surface area contributed by atoms with E-state index in [4.69, 9.17) is 0 Å². The molecule has 1 unspecified atom stereocenters. The molecule has 4 rings (SSSR count). The van der Waals surface area contributed by atoms with Crippen molar-refractivity contribution in [2.45, 2.75) is 45.2 Å². The number of rotatable bonds is 5. The third-order valence-electron chi connectivity index (χ3n) is 5.36. The van der Waals surface area contributed by atoms with Crippen LogP contribution in [-0.2, 0) is 19.4 Å². The number of hydrogen-bond acceptors (Lipinski definition) is 2. The summed E-state index contributed by atoms with van der Waals surface area (Å²) in [6.07, 6.45) is 10.4. The van der Waals surface area contributed by atoms with E-state index in [0.717, 1.165) is 18.5 Å². The molecule has 1 atom stereocenters. The summed E-state index contributed by atoms with van der Waals surface area (Å²) in [7, 11) is 0. The zero-order chi connectivity index (χ0) is 18.6. The lowest BCUT2D eigenvalue weighted by Crippen LogP contribution is -2.26. The summed E-state index contributed by atoms with van der Waals surface area (Å²) in [4.78, 5) is 16.7. The van der Waals surface area contributed by atoms with Crippen molar-refractivity contribution in [2.75, 3.05) is 0 Å². The van der Waals surface area contributed by atoms with Gasteiger partial charge in [0, 0.05) is 24.5 Å². The highest BCUT2D eigenvalue weighted by Gasteiger charge is 2.15. The molecule has 0 radical (unpaired) electrons. The van der Waals surface area contributed by atoms with Crippen molar-refractivity contribution in [3.8, 4) is 0 Å². The van der Waals surface area contributed by atoms with Crippen molar-refractivity contribution in [3.63, 3.8) is 0 Å². The van der Waals surface area contributed by atoms with Crippen LogP contribution in [0.2, 0.25) is 0 Å². The summed E-state index contributed by atoms with van der Waals surface area (Å²) in [6, 6.07) is 14.4. The Morgan fingerprint density at radius 2 is 1.89 bits per heavy atom. The minimum absolute atomic E-state index is 0.00430. The van der Waals surface area contributed by atoms with Crippen molar-refractivity contribution < 1.29 is 4.79 Å². The van der Waals surface area contributed by atoms with Crippen molar-refractivity contribution in [3.05, 3.63) is 89.0 Å². The molecule has 0 aliphatic heterocycles.